The second-order valence-electron chi connectivity index (χ2n) is 6.70. The molecule has 2 amide bonds. The molecule has 1 heterocycles. The minimum Gasteiger partial charge on any atom is -0.462 e. The molecule has 0 N–H and O–H groups in total. The molecule has 9 heteroatoms. The number of halogens is 4. The monoisotopic (exact) mass is 487 g/mol. The number of amides is 2. The first-order valence-corrected chi connectivity index (χ1v) is 10.8. The van der Waals surface area contributed by atoms with Crippen LogP contribution in [0.3, 0.4) is 0 Å². The van der Waals surface area contributed by atoms with E-state index >= 15 is 0 Å². The SMILES string of the molecule is CCCCCCOC(=O)c1cccc(N2C(=O)c3c(Cl)c(Cl)c(Cl)c(Cl)c3C2=O)c1. The number of hydrogen-bond donors (Lipinski definition) is 0. The summed E-state index contributed by atoms with van der Waals surface area (Å²) in [5, 5.41) is -0.509. The number of anilines is 1. The largest absolute Gasteiger partial charge is 0.462 e. The Morgan fingerprint density at radius 1 is 0.900 bits per heavy atom. The fourth-order valence-corrected chi connectivity index (χ4v) is 4.15. The van der Waals surface area contributed by atoms with Gasteiger partial charge in [0.2, 0.25) is 0 Å². The first-order valence-electron chi connectivity index (χ1n) is 9.31. The highest BCUT2D eigenvalue weighted by Crippen LogP contribution is 2.45. The molecule has 1 aliphatic heterocycles. The third-order valence-electron chi connectivity index (χ3n) is 4.67. The molecule has 0 spiro atoms. The molecule has 0 saturated carbocycles. The minimum atomic E-state index is -0.703. The number of carbonyl (C=O) groups is 3. The van der Waals surface area contributed by atoms with Crippen LogP contribution in [0.1, 0.15) is 63.7 Å². The molecule has 2 aromatic carbocycles. The lowest BCUT2D eigenvalue weighted by Crippen LogP contribution is -2.29. The molecule has 0 bridgehead atoms. The summed E-state index contributed by atoms with van der Waals surface area (Å²) in [7, 11) is 0. The van der Waals surface area contributed by atoms with E-state index in [0.717, 1.165) is 30.6 Å². The third kappa shape index (κ3) is 4.17. The number of carbonyl (C=O) groups excluding carboxylic acids is 3. The van der Waals surface area contributed by atoms with E-state index in [1.54, 1.807) is 12.1 Å². The van der Waals surface area contributed by atoms with Crippen LogP contribution in [-0.2, 0) is 4.74 Å². The van der Waals surface area contributed by atoms with Crippen LogP contribution in [0.5, 0.6) is 0 Å². The zero-order valence-electron chi connectivity index (χ0n) is 15.9. The summed E-state index contributed by atoms with van der Waals surface area (Å²) in [6.07, 6.45) is 3.91. The number of fused-ring (bicyclic) bond motifs is 1. The Labute approximate surface area is 193 Å². The molecular formula is C21H17Cl4NO4. The van der Waals surface area contributed by atoms with Crippen LogP contribution >= 0.6 is 46.4 Å². The molecule has 0 fully saturated rings. The molecule has 0 radical (unpaired) electrons. The predicted octanol–water partition coefficient (Wildman–Crippen LogP) is 6.84. The Hall–Kier alpha value is -1.79. The summed E-state index contributed by atoms with van der Waals surface area (Å²) in [6, 6.07) is 6.02. The van der Waals surface area contributed by atoms with Crippen molar-refractivity contribution in [1.29, 1.82) is 0 Å². The summed E-state index contributed by atoms with van der Waals surface area (Å²) in [6.45, 7) is 2.40. The number of imide groups is 1. The van der Waals surface area contributed by atoms with Crippen molar-refractivity contribution in [2.24, 2.45) is 0 Å². The van der Waals surface area contributed by atoms with E-state index in [1.807, 2.05) is 0 Å². The molecule has 0 unspecified atom stereocenters. The van der Waals surface area contributed by atoms with Crippen molar-refractivity contribution in [1.82, 2.24) is 0 Å². The Morgan fingerprint density at radius 2 is 1.50 bits per heavy atom. The van der Waals surface area contributed by atoms with E-state index in [2.05, 4.69) is 6.92 Å². The number of esters is 1. The first kappa shape index (κ1) is 22.9. The van der Waals surface area contributed by atoms with E-state index in [9.17, 15) is 14.4 Å². The van der Waals surface area contributed by atoms with Crippen LogP contribution < -0.4 is 4.90 Å². The first-order chi connectivity index (χ1) is 14.3. The lowest BCUT2D eigenvalue weighted by atomic mass is 10.1. The molecule has 0 atom stereocenters. The molecule has 30 heavy (non-hydrogen) atoms. The maximum Gasteiger partial charge on any atom is 0.338 e. The summed E-state index contributed by atoms with van der Waals surface area (Å²) in [5.41, 5.74) is 0.156. The van der Waals surface area contributed by atoms with E-state index in [0.29, 0.717) is 6.61 Å². The number of ether oxygens (including phenoxy) is 1. The molecule has 2 aromatic rings. The van der Waals surface area contributed by atoms with Crippen LogP contribution in [0.4, 0.5) is 5.69 Å². The normalized spacial score (nSPS) is 13.0. The number of hydrogen-bond acceptors (Lipinski definition) is 4. The highest BCUT2D eigenvalue weighted by molar-refractivity contribution is 6.56. The van der Waals surface area contributed by atoms with Gasteiger partial charge >= 0.3 is 5.97 Å². The minimum absolute atomic E-state index is 0.106. The van der Waals surface area contributed by atoms with Crippen molar-refractivity contribution in [3.63, 3.8) is 0 Å². The summed E-state index contributed by atoms with van der Waals surface area (Å²) in [5.74, 6) is -1.94. The fourth-order valence-electron chi connectivity index (χ4n) is 3.13. The maximum atomic E-state index is 12.9. The number of benzene rings is 2. The smallest absolute Gasteiger partial charge is 0.338 e. The molecule has 0 saturated heterocycles. The van der Waals surface area contributed by atoms with Gasteiger partial charge < -0.3 is 4.74 Å². The number of rotatable bonds is 7. The Kier molecular flexibility index (Phi) is 7.30. The van der Waals surface area contributed by atoms with E-state index in [4.69, 9.17) is 51.1 Å². The van der Waals surface area contributed by atoms with Gasteiger partial charge in [-0.15, -0.1) is 0 Å². The van der Waals surface area contributed by atoms with Crippen LogP contribution in [0.25, 0.3) is 0 Å². The van der Waals surface area contributed by atoms with Crippen LogP contribution in [0.15, 0.2) is 24.3 Å². The highest BCUT2D eigenvalue weighted by Gasteiger charge is 2.42. The Balaban J connectivity index is 1.87. The number of nitrogens with zero attached hydrogens (tertiary/aromatic N) is 1. The summed E-state index contributed by atoms with van der Waals surface area (Å²) in [4.78, 5) is 39.1. The molecule has 0 aromatic heterocycles. The van der Waals surface area contributed by atoms with Crippen molar-refractivity contribution in [3.05, 3.63) is 61.0 Å². The lowest BCUT2D eigenvalue weighted by molar-refractivity contribution is 0.0497. The van der Waals surface area contributed by atoms with Gasteiger partial charge in [-0.3, -0.25) is 9.59 Å². The zero-order valence-corrected chi connectivity index (χ0v) is 19.0. The molecule has 158 valence electrons. The standard InChI is InChI=1S/C21H17Cl4NO4/c1-2-3-4-5-9-30-21(29)11-7-6-8-12(10-11)26-19(27)13-14(20(26)28)16(23)18(25)17(24)15(13)22/h6-8,10H,2-5,9H2,1H3. The average molecular weight is 489 g/mol. The van der Waals surface area contributed by atoms with Crippen molar-refractivity contribution in [2.45, 2.75) is 32.6 Å². The van der Waals surface area contributed by atoms with Crippen LogP contribution in [0, 0.1) is 0 Å². The quantitative estimate of drug-likeness (QED) is 0.141. The Bertz CT molecular complexity index is 991. The van der Waals surface area contributed by atoms with E-state index in [-0.39, 0.29) is 42.5 Å². The molecule has 0 aliphatic carbocycles. The summed E-state index contributed by atoms with van der Waals surface area (Å²) < 4.78 is 5.27. The second kappa shape index (κ2) is 9.56. The van der Waals surface area contributed by atoms with Gasteiger partial charge in [0.05, 0.1) is 49.1 Å². The van der Waals surface area contributed by atoms with Gasteiger partial charge in [-0.05, 0) is 24.6 Å². The van der Waals surface area contributed by atoms with Gasteiger partial charge in [-0.2, -0.15) is 0 Å². The Morgan fingerprint density at radius 3 is 2.07 bits per heavy atom. The maximum absolute atomic E-state index is 12.9. The van der Waals surface area contributed by atoms with Gasteiger partial charge in [0.15, 0.2) is 0 Å². The molecule has 1 aliphatic rings. The van der Waals surface area contributed by atoms with Crippen LogP contribution in [-0.4, -0.2) is 24.4 Å². The third-order valence-corrected chi connectivity index (χ3v) is 6.47. The molecular weight excluding hydrogens is 472 g/mol. The van der Waals surface area contributed by atoms with Crippen molar-refractivity contribution in [2.75, 3.05) is 11.5 Å². The summed E-state index contributed by atoms with van der Waals surface area (Å²) >= 11 is 24.4. The van der Waals surface area contributed by atoms with Gasteiger partial charge in [0.25, 0.3) is 11.8 Å². The molecule has 5 nitrogen and oxygen atoms in total. The topological polar surface area (TPSA) is 63.7 Å². The molecule has 3 rings (SSSR count). The predicted molar refractivity (Wildman–Crippen MR) is 118 cm³/mol. The highest BCUT2D eigenvalue weighted by atomic mass is 35.5. The van der Waals surface area contributed by atoms with E-state index < -0.39 is 17.8 Å². The van der Waals surface area contributed by atoms with Crippen LogP contribution in [0.2, 0.25) is 20.1 Å². The van der Waals surface area contributed by atoms with Crippen molar-refractivity contribution < 1.29 is 19.1 Å². The average Bonchev–Trinajstić information content (AvgIpc) is 3.00. The number of unbranched alkanes of at least 4 members (excludes halogenated alkanes) is 3. The zero-order chi connectivity index (χ0) is 22.0. The second-order valence-corrected chi connectivity index (χ2v) is 8.21. The fraction of sp³-hybridized carbons (Fsp3) is 0.286. The van der Waals surface area contributed by atoms with Gasteiger partial charge in [0.1, 0.15) is 0 Å². The van der Waals surface area contributed by atoms with E-state index in [1.165, 1.54) is 12.1 Å². The van der Waals surface area contributed by atoms with Gasteiger partial charge in [-0.25, -0.2) is 9.69 Å². The van der Waals surface area contributed by atoms with Crippen molar-refractivity contribution in [3.8, 4) is 0 Å². The lowest BCUT2D eigenvalue weighted by Gasteiger charge is -2.15. The van der Waals surface area contributed by atoms with Gasteiger partial charge in [0, 0.05) is 0 Å². The van der Waals surface area contributed by atoms with Gasteiger partial charge in [-0.1, -0.05) is 78.7 Å². The van der Waals surface area contributed by atoms with Crippen molar-refractivity contribution >= 4 is 69.9 Å².